The monoisotopic (exact) mass is 310 g/mol. The Morgan fingerprint density at radius 2 is 2.18 bits per heavy atom. The number of nitrogens with one attached hydrogen (secondary N) is 1. The number of rotatable bonds is 3. The Kier molecular flexibility index (Phi) is 4.15. The van der Waals surface area contributed by atoms with E-state index < -0.39 is 0 Å². The molecule has 0 aliphatic carbocycles. The highest BCUT2D eigenvalue weighted by molar-refractivity contribution is 9.10. The van der Waals surface area contributed by atoms with Gasteiger partial charge in [-0.1, -0.05) is 33.6 Å². The number of hydrogen-bond donors (Lipinski definition) is 1. The number of halogens is 2. The van der Waals surface area contributed by atoms with Gasteiger partial charge in [0.2, 0.25) is 0 Å². The number of benzene rings is 1. The zero-order valence-corrected chi connectivity index (χ0v) is 11.7. The molecule has 0 radical (unpaired) electrons. The average Bonchev–Trinajstić information content (AvgIpc) is 2.36. The van der Waals surface area contributed by atoms with Gasteiger partial charge in [-0.05, 0) is 42.4 Å². The first-order valence-electron chi connectivity index (χ1n) is 5.24. The standard InChI is InChI=1S/C13H12BrClN2/c1-16-13(9-3-2-6-17-8-9)11-7-10(14)4-5-12(11)15/h2-8,13,16H,1H3. The van der Waals surface area contributed by atoms with Crippen LogP contribution in [-0.4, -0.2) is 12.0 Å². The number of nitrogens with zero attached hydrogens (tertiary/aromatic N) is 1. The Morgan fingerprint density at radius 3 is 2.82 bits per heavy atom. The van der Waals surface area contributed by atoms with Gasteiger partial charge in [-0.3, -0.25) is 4.98 Å². The molecule has 88 valence electrons. The summed E-state index contributed by atoms with van der Waals surface area (Å²) in [5, 5.41) is 4.00. The SMILES string of the molecule is CNC(c1cccnc1)c1cc(Br)ccc1Cl. The maximum Gasteiger partial charge on any atom is 0.0604 e. The maximum atomic E-state index is 6.24. The van der Waals surface area contributed by atoms with E-state index in [0.29, 0.717) is 0 Å². The van der Waals surface area contributed by atoms with Crippen molar-refractivity contribution < 1.29 is 0 Å². The minimum Gasteiger partial charge on any atom is -0.309 e. The predicted molar refractivity (Wildman–Crippen MR) is 74.3 cm³/mol. The molecule has 0 aliphatic heterocycles. The molecular formula is C13H12BrClN2. The lowest BCUT2D eigenvalue weighted by Gasteiger charge is -2.18. The van der Waals surface area contributed by atoms with Crippen molar-refractivity contribution in [2.75, 3.05) is 7.05 Å². The van der Waals surface area contributed by atoms with Crippen LogP contribution >= 0.6 is 27.5 Å². The molecule has 1 N–H and O–H groups in total. The molecule has 0 bridgehead atoms. The van der Waals surface area contributed by atoms with Gasteiger partial charge in [0.25, 0.3) is 0 Å². The van der Waals surface area contributed by atoms with Crippen molar-refractivity contribution in [3.05, 3.63) is 63.3 Å². The quantitative estimate of drug-likeness (QED) is 0.932. The van der Waals surface area contributed by atoms with E-state index in [4.69, 9.17) is 11.6 Å². The summed E-state index contributed by atoms with van der Waals surface area (Å²) in [6.45, 7) is 0. The van der Waals surface area contributed by atoms with Gasteiger partial charge in [-0.2, -0.15) is 0 Å². The third-order valence-electron chi connectivity index (χ3n) is 2.58. The minimum atomic E-state index is 0.0497. The fourth-order valence-electron chi connectivity index (χ4n) is 1.78. The lowest BCUT2D eigenvalue weighted by Crippen LogP contribution is -2.18. The summed E-state index contributed by atoms with van der Waals surface area (Å²) >= 11 is 9.70. The summed E-state index contributed by atoms with van der Waals surface area (Å²) in [5.74, 6) is 0. The van der Waals surface area contributed by atoms with Crippen LogP contribution in [0.4, 0.5) is 0 Å². The van der Waals surface area contributed by atoms with E-state index in [1.807, 2.05) is 43.6 Å². The van der Waals surface area contributed by atoms with Crippen LogP contribution < -0.4 is 5.32 Å². The van der Waals surface area contributed by atoms with Gasteiger partial charge in [0.05, 0.1) is 6.04 Å². The van der Waals surface area contributed by atoms with Crippen molar-refractivity contribution in [3.8, 4) is 0 Å². The van der Waals surface area contributed by atoms with Crippen molar-refractivity contribution in [1.82, 2.24) is 10.3 Å². The second kappa shape index (κ2) is 5.63. The molecule has 2 rings (SSSR count). The highest BCUT2D eigenvalue weighted by Gasteiger charge is 2.15. The first kappa shape index (κ1) is 12.6. The van der Waals surface area contributed by atoms with Crippen LogP contribution in [0.2, 0.25) is 5.02 Å². The molecule has 1 aromatic heterocycles. The fraction of sp³-hybridized carbons (Fsp3) is 0.154. The number of hydrogen-bond acceptors (Lipinski definition) is 2. The van der Waals surface area contributed by atoms with Crippen LogP contribution in [-0.2, 0) is 0 Å². The van der Waals surface area contributed by atoms with Gasteiger partial charge >= 0.3 is 0 Å². The van der Waals surface area contributed by atoms with E-state index in [-0.39, 0.29) is 6.04 Å². The molecule has 0 saturated carbocycles. The van der Waals surface area contributed by atoms with Crippen LogP contribution in [0.3, 0.4) is 0 Å². The Morgan fingerprint density at radius 1 is 1.35 bits per heavy atom. The van der Waals surface area contributed by atoms with E-state index in [1.165, 1.54) is 0 Å². The maximum absolute atomic E-state index is 6.24. The number of pyridine rings is 1. The molecule has 0 fully saturated rings. The molecule has 0 amide bonds. The van der Waals surface area contributed by atoms with Crippen molar-refractivity contribution in [2.24, 2.45) is 0 Å². The minimum absolute atomic E-state index is 0.0497. The third-order valence-corrected chi connectivity index (χ3v) is 3.41. The highest BCUT2D eigenvalue weighted by atomic mass is 79.9. The summed E-state index contributed by atoms with van der Waals surface area (Å²) in [5.41, 5.74) is 2.13. The van der Waals surface area contributed by atoms with Crippen LogP contribution in [0.25, 0.3) is 0 Å². The van der Waals surface area contributed by atoms with Crippen LogP contribution in [0.15, 0.2) is 47.2 Å². The molecule has 1 unspecified atom stereocenters. The second-order valence-electron chi connectivity index (χ2n) is 3.67. The molecular weight excluding hydrogens is 300 g/mol. The molecule has 4 heteroatoms. The third kappa shape index (κ3) is 2.86. The largest absolute Gasteiger partial charge is 0.309 e. The fourth-order valence-corrected chi connectivity index (χ4v) is 2.39. The number of aromatic nitrogens is 1. The van der Waals surface area contributed by atoms with E-state index in [9.17, 15) is 0 Å². The molecule has 1 aromatic carbocycles. The van der Waals surface area contributed by atoms with Crippen molar-refractivity contribution in [1.29, 1.82) is 0 Å². The molecule has 0 saturated heterocycles. The predicted octanol–water partition coefficient (Wildman–Crippen LogP) is 3.81. The molecule has 0 aliphatic rings. The molecule has 1 heterocycles. The Labute approximate surface area is 114 Å². The van der Waals surface area contributed by atoms with Gasteiger partial charge in [-0.15, -0.1) is 0 Å². The van der Waals surface area contributed by atoms with Gasteiger partial charge < -0.3 is 5.32 Å². The summed E-state index contributed by atoms with van der Waals surface area (Å²) in [6, 6.07) is 9.85. The van der Waals surface area contributed by atoms with Gasteiger partial charge in [0.1, 0.15) is 0 Å². The van der Waals surface area contributed by atoms with Gasteiger partial charge in [0.15, 0.2) is 0 Å². The van der Waals surface area contributed by atoms with Crippen molar-refractivity contribution in [3.63, 3.8) is 0 Å². The van der Waals surface area contributed by atoms with Crippen LogP contribution in [0.1, 0.15) is 17.2 Å². The van der Waals surface area contributed by atoms with E-state index in [0.717, 1.165) is 20.6 Å². The zero-order chi connectivity index (χ0) is 12.3. The summed E-state index contributed by atoms with van der Waals surface area (Å²) in [7, 11) is 1.91. The average molecular weight is 312 g/mol. The molecule has 2 nitrogen and oxygen atoms in total. The molecule has 17 heavy (non-hydrogen) atoms. The van der Waals surface area contributed by atoms with Gasteiger partial charge in [-0.25, -0.2) is 0 Å². The first-order chi connectivity index (χ1) is 8.22. The molecule has 2 aromatic rings. The molecule has 1 atom stereocenters. The summed E-state index contributed by atoms with van der Waals surface area (Å²) in [6.07, 6.45) is 3.61. The molecule has 0 spiro atoms. The normalized spacial score (nSPS) is 12.4. The van der Waals surface area contributed by atoms with Crippen LogP contribution in [0, 0.1) is 0 Å². The van der Waals surface area contributed by atoms with Crippen molar-refractivity contribution in [2.45, 2.75) is 6.04 Å². The van der Waals surface area contributed by atoms with Gasteiger partial charge in [0, 0.05) is 21.9 Å². The van der Waals surface area contributed by atoms with Crippen LogP contribution in [0.5, 0.6) is 0 Å². The highest BCUT2D eigenvalue weighted by Crippen LogP contribution is 2.30. The lowest BCUT2D eigenvalue weighted by atomic mass is 10.0. The zero-order valence-electron chi connectivity index (χ0n) is 9.32. The van der Waals surface area contributed by atoms with Crippen molar-refractivity contribution >= 4 is 27.5 Å². The summed E-state index contributed by atoms with van der Waals surface area (Å²) in [4.78, 5) is 4.14. The topological polar surface area (TPSA) is 24.9 Å². The Bertz CT molecular complexity index is 502. The Balaban J connectivity index is 2.46. The smallest absolute Gasteiger partial charge is 0.0604 e. The summed E-state index contributed by atoms with van der Waals surface area (Å²) < 4.78 is 1.01. The first-order valence-corrected chi connectivity index (χ1v) is 6.41. The Hall–Kier alpha value is -0.900. The second-order valence-corrected chi connectivity index (χ2v) is 5.00. The van der Waals surface area contributed by atoms with E-state index in [2.05, 4.69) is 26.2 Å². The van der Waals surface area contributed by atoms with E-state index >= 15 is 0 Å². The van der Waals surface area contributed by atoms with E-state index in [1.54, 1.807) is 6.20 Å². The lowest BCUT2D eigenvalue weighted by molar-refractivity contribution is 0.688.